The number of amides is 2. The summed E-state index contributed by atoms with van der Waals surface area (Å²) in [6, 6.07) is 7.43. The van der Waals surface area contributed by atoms with Gasteiger partial charge in [-0.25, -0.2) is 8.42 Å². The normalized spacial score (nSPS) is 22.4. The summed E-state index contributed by atoms with van der Waals surface area (Å²) in [5, 5.41) is 14.6. The number of hydrogen-bond donors (Lipinski definition) is 1. The van der Waals surface area contributed by atoms with E-state index in [-0.39, 0.29) is 42.0 Å². The summed E-state index contributed by atoms with van der Waals surface area (Å²) in [5.74, 6) is -1.09. The molecular weight excluding hydrogens is 560 g/mol. The summed E-state index contributed by atoms with van der Waals surface area (Å²) >= 11 is 0. The minimum atomic E-state index is -4.13. The van der Waals surface area contributed by atoms with Gasteiger partial charge in [-0.2, -0.15) is 9.04 Å². The smallest absolute Gasteiger partial charge is 0.251 e. The summed E-state index contributed by atoms with van der Waals surface area (Å²) in [7, 11) is -2.03. The summed E-state index contributed by atoms with van der Waals surface area (Å²) in [5.41, 5.74) is 1.47. The number of nitrogens with zero attached hydrogens (tertiary/aromatic N) is 5. The Kier molecular flexibility index (Phi) is 8.53. The van der Waals surface area contributed by atoms with E-state index in [0.717, 1.165) is 42.4 Å². The Hall–Kier alpha value is -3.55. The van der Waals surface area contributed by atoms with Crippen molar-refractivity contribution in [1.29, 1.82) is 0 Å². The van der Waals surface area contributed by atoms with Crippen molar-refractivity contribution in [3.8, 4) is 0 Å². The van der Waals surface area contributed by atoms with Gasteiger partial charge in [-0.05, 0) is 56.1 Å². The van der Waals surface area contributed by atoms with Gasteiger partial charge < -0.3 is 25.2 Å². The van der Waals surface area contributed by atoms with E-state index in [0.29, 0.717) is 16.7 Å². The number of aromatic nitrogens is 1. The first-order valence-corrected chi connectivity index (χ1v) is 15.8. The summed E-state index contributed by atoms with van der Waals surface area (Å²) in [4.78, 5) is 46.0. The molecule has 3 aliphatic rings. The van der Waals surface area contributed by atoms with Crippen LogP contribution in [0.3, 0.4) is 0 Å². The zero-order valence-electron chi connectivity index (χ0n) is 24.2. The van der Waals surface area contributed by atoms with Gasteiger partial charge in [-0.1, -0.05) is 13.8 Å². The lowest BCUT2D eigenvalue weighted by atomic mass is 10.0. The number of hydrogen-bond acceptors (Lipinski definition) is 8. The first-order chi connectivity index (χ1) is 20.0. The number of carbonyl (C=O) groups excluding carboxylic acids is 3. The van der Waals surface area contributed by atoms with Crippen molar-refractivity contribution in [3.63, 3.8) is 0 Å². The molecule has 5 rings (SSSR count). The second kappa shape index (κ2) is 12.0. The molecule has 13 heteroatoms. The second-order valence-electron chi connectivity index (χ2n) is 11.7. The van der Waals surface area contributed by atoms with Gasteiger partial charge in [0.2, 0.25) is 15.9 Å². The monoisotopic (exact) mass is 598 g/mol. The Labute approximate surface area is 246 Å². The molecule has 3 unspecified atom stereocenters. The number of carbonyl (C=O) groups is 3. The van der Waals surface area contributed by atoms with Gasteiger partial charge >= 0.3 is 0 Å². The molecule has 0 saturated carbocycles. The van der Waals surface area contributed by atoms with Crippen LogP contribution >= 0.6 is 0 Å². The van der Waals surface area contributed by atoms with Crippen molar-refractivity contribution in [1.82, 2.24) is 19.4 Å². The SMILES string of the molecule is CC(C)CC(NC(=O)c1ccc(N2CCN(C)CC2)cc1)C(=O)N1CCC2C1C(=O)CN2S(=O)(=O)c1ccc[n+]([O-])c1. The summed E-state index contributed by atoms with van der Waals surface area (Å²) in [6.45, 7) is 7.46. The molecule has 12 nitrogen and oxygen atoms in total. The van der Waals surface area contributed by atoms with Crippen LogP contribution in [0.25, 0.3) is 0 Å². The fourth-order valence-corrected chi connectivity index (χ4v) is 7.72. The molecule has 3 saturated heterocycles. The van der Waals surface area contributed by atoms with Gasteiger partial charge in [-0.3, -0.25) is 14.4 Å². The van der Waals surface area contributed by atoms with Crippen molar-refractivity contribution in [3.05, 3.63) is 59.6 Å². The molecule has 2 amide bonds. The number of rotatable bonds is 8. The second-order valence-corrected chi connectivity index (χ2v) is 13.6. The van der Waals surface area contributed by atoms with Gasteiger partial charge in [0.15, 0.2) is 18.2 Å². The van der Waals surface area contributed by atoms with E-state index in [4.69, 9.17) is 0 Å². The van der Waals surface area contributed by atoms with Crippen LogP contribution in [0.5, 0.6) is 0 Å². The maximum atomic E-state index is 13.8. The van der Waals surface area contributed by atoms with Crippen molar-refractivity contribution in [2.45, 2.75) is 49.7 Å². The molecule has 42 heavy (non-hydrogen) atoms. The molecule has 0 bridgehead atoms. The molecule has 0 radical (unpaired) electrons. The number of anilines is 1. The number of likely N-dealkylation sites (tertiary alicyclic amines) is 1. The van der Waals surface area contributed by atoms with E-state index in [1.165, 1.54) is 23.2 Å². The van der Waals surface area contributed by atoms with Crippen LogP contribution in [0, 0.1) is 11.1 Å². The highest BCUT2D eigenvalue weighted by Gasteiger charge is 2.54. The predicted molar refractivity (Wildman–Crippen MR) is 155 cm³/mol. The van der Waals surface area contributed by atoms with Crippen LogP contribution < -0.4 is 14.9 Å². The standard InChI is InChI=1S/C29H38N6O6S/c1-20(2)17-24(30-28(37)21-6-8-22(9-7-21)32-15-13-31(3)14-16-32)29(38)34-12-10-25-27(34)26(36)19-35(25)42(40,41)23-5-4-11-33(39)18-23/h4-9,11,18,20,24-25,27H,10,12-17,19H2,1-3H3,(H,30,37). The number of sulfonamides is 1. The quantitative estimate of drug-likeness (QED) is 0.342. The summed E-state index contributed by atoms with van der Waals surface area (Å²) < 4.78 is 28.1. The number of fused-ring (bicyclic) bond motifs is 1. The number of pyridine rings is 1. The fourth-order valence-electron chi connectivity index (χ4n) is 6.09. The third kappa shape index (κ3) is 5.99. The largest absolute Gasteiger partial charge is 0.619 e. The first kappa shape index (κ1) is 29.9. The lowest BCUT2D eigenvalue weighted by molar-refractivity contribution is -0.607. The maximum absolute atomic E-state index is 13.8. The first-order valence-electron chi connectivity index (χ1n) is 14.3. The molecule has 1 N–H and O–H groups in total. The lowest BCUT2D eigenvalue weighted by Gasteiger charge is -2.34. The van der Waals surface area contributed by atoms with Gasteiger partial charge in [0.05, 0.1) is 12.6 Å². The van der Waals surface area contributed by atoms with E-state index in [2.05, 4.69) is 22.2 Å². The molecule has 1 aromatic carbocycles. The molecule has 3 fully saturated rings. The van der Waals surface area contributed by atoms with E-state index in [1.54, 1.807) is 12.1 Å². The van der Waals surface area contributed by atoms with Crippen molar-refractivity contribution in [2.75, 3.05) is 51.2 Å². The zero-order valence-corrected chi connectivity index (χ0v) is 25.0. The molecule has 226 valence electrons. The maximum Gasteiger partial charge on any atom is 0.251 e. The average Bonchev–Trinajstić information content (AvgIpc) is 3.54. The highest BCUT2D eigenvalue weighted by Crippen LogP contribution is 2.34. The van der Waals surface area contributed by atoms with Gasteiger partial charge in [0, 0.05) is 50.0 Å². The molecule has 4 heterocycles. The minimum absolute atomic E-state index is 0.0743. The topological polar surface area (TPSA) is 137 Å². The van der Waals surface area contributed by atoms with Crippen LogP contribution in [0.1, 0.15) is 37.0 Å². The Balaban J connectivity index is 1.29. The molecule has 3 aliphatic heterocycles. The predicted octanol–water partition coefficient (Wildman–Crippen LogP) is 0.459. The highest BCUT2D eigenvalue weighted by atomic mass is 32.2. The summed E-state index contributed by atoms with van der Waals surface area (Å²) in [6.07, 6.45) is 2.78. The van der Waals surface area contributed by atoms with E-state index >= 15 is 0 Å². The minimum Gasteiger partial charge on any atom is -0.619 e. The van der Waals surface area contributed by atoms with Crippen molar-refractivity contribution < 1.29 is 27.5 Å². The third-order valence-electron chi connectivity index (χ3n) is 8.32. The van der Waals surface area contributed by atoms with E-state index in [1.807, 2.05) is 26.0 Å². The average molecular weight is 599 g/mol. The number of piperazine rings is 1. The highest BCUT2D eigenvalue weighted by molar-refractivity contribution is 7.89. The zero-order chi connectivity index (χ0) is 30.2. The van der Waals surface area contributed by atoms with Crippen LogP contribution in [-0.4, -0.2) is 105 Å². The lowest BCUT2D eigenvalue weighted by Crippen LogP contribution is -2.53. The molecule has 2 aromatic rings. The van der Waals surface area contributed by atoms with Gasteiger partial charge in [-0.15, -0.1) is 0 Å². The molecule has 0 spiro atoms. The number of benzene rings is 1. The molecule has 1 aromatic heterocycles. The van der Waals surface area contributed by atoms with E-state index < -0.39 is 34.1 Å². The van der Waals surface area contributed by atoms with Crippen LogP contribution in [-0.2, 0) is 19.6 Å². The molecule has 0 aliphatic carbocycles. The fraction of sp³-hybridized carbons (Fsp3) is 0.517. The van der Waals surface area contributed by atoms with Crippen LogP contribution in [0.15, 0.2) is 53.7 Å². The van der Waals surface area contributed by atoms with Crippen LogP contribution in [0.2, 0.25) is 0 Å². The molecule has 3 atom stereocenters. The Morgan fingerprint density at radius 2 is 1.76 bits per heavy atom. The Bertz CT molecular complexity index is 1440. The van der Waals surface area contributed by atoms with Gasteiger partial charge in [0.1, 0.15) is 17.0 Å². The number of nitrogens with one attached hydrogen (secondary N) is 1. The number of ketones is 1. The number of likely N-dealkylation sites (N-methyl/N-ethyl adjacent to an activating group) is 1. The van der Waals surface area contributed by atoms with Gasteiger partial charge in [0.25, 0.3) is 5.91 Å². The Morgan fingerprint density at radius 3 is 2.40 bits per heavy atom. The van der Waals surface area contributed by atoms with Crippen molar-refractivity contribution in [2.24, 2.45) is 5.92 Å². The van der Waals surface area contributed by atoms with Crippen LogP contribution in [0.4, 0.5) is 5.69 Å². The van der Waals surface area contributed by atoms with Crippen molar-refractivity contribution >= 4 is 33.3 Å². The third-order valence-corrected chi connectivity index (χ3v) is 10.2. The Morgan fingerprint density at radius 1 is 1.07 bits per heavy atom. The van der Waals surface area contributed by atoms with E-state index in [9.17, 15) is 28.0 Å². The molecular formula is C29H38N6O6S. The number of Topliss-reactive ketones (excluding diaryl/α,β-unsaturated/α-hetero) is 1.